The van der Waals surface area contributed by atoms with E-state index in [0.717, 1.165) is 31.6 Å². The number of carbonyl (C=O) groups excluding carboxylic acids is 2. The lowest BCUT2D eigenvalue weighted by atomic mass is 9.84. The third-order valence-electron chi connectivity index (χ3n) is 5.45. The Morgan fingerprint density at radius 2 is 1.83 bits per heavy atom. The Morgan fingerprint density at radius 3 is 2.54 bits per heavy atom. The number of rotatable bonds is 2. The molecule has 0 aromatic heterocycles. The van der Waals surface area contributed by atoms with E-state index in [9.17, 15) is 9.59 Å². The summed E-state index contributed by atoms with van der Waals surface area (Å²) in [5, 5.41) is 1.64. The summed E-state index contributed by atoms with van der Waals surface area (Å²) in [7, 11) is 2.00. The molecule has 4 rings (SSSR count). The first-order valence-corrected chi connectivity index (χ1v) is 8.77. The van der Waals surface area contributed by atoms with Crippen molar-refractivity contribution in [3.05, 3.63) is 30.3 Å². The molecule has 3 atom stereocenters. The molecule has 0 saturated carbocycles. The Morgan fingerprint density at radius 1 is 1.12 bits per heavy atom. The van der Waals surface area contributed by atoms with E-state index in [4.69, 9.17) is 0 Å². The van der Waals surface area contributed by atoms with Crippen LogP contribution in [-0.2, 0) is 9.59 Å². The second kappa shape index (κ2) is 6.18. The highest BCUT2D eigenvalue weighted by atomic mass is 16.2. The minimum Gasteiger partial charge on any atom is -0.342 e. The number of hydrazine groups is 1. The highest BCUT2D eigenvalue weighted by Gasteiger charge is 2.51. The van der Waals surface area contributed by atoms with Crippen molar-refractivity contribution < 1.29 is 9.59 Å². The van der Waals surface area contributed by atoms with E-state index >= 15 is 0 Å². The molecule has 24 heavy (non-hydrogen) atoms. The summed E-state index contributed by atoms with van der Waals surface area (Å²) < 4.78 is 0. The zero-order valence-electron chi connectivity index (χ0n) is 14.0. The van der Waals surface area contributed by atoms with Crippen LogP contribution in [0.3, 0.4) is 0 Å². The molecule has 0 aliphatic carbocycles. The lowest BCUT2D eigenvalue weighted by Crippen LogP contribution is -2.56. The molecular formula is C18H24N4O2. The minimum atomic E-state index is -0.166. The van der Waals surface area contributed by atoms with Crippen molar-refractivity contribution in [3.8, 4) is 0 Å². The van der Waals surface area contributed by atoms with Crippen LogP contribution in [0, 0.1) is 11.8 Å². The molecule has 3 fully saturated rings. The molecule has 3 aliphatic rings. The standard InChI is InChI=1S/C18H24N4O2/c1-20-11-14(17(23)21-9-5-6-10-21)16-15(12-20)18(24)22(19-16)13-7-3-2-4-8-13/h2-4,7-8,14-16,19H,5-6,9-12H2,1H3. The average molecular weight is 328 g/mol. The van der Waals surface area contributed by atoms with E-state index in [1.165, 1.54) is 0 Å². The predicted octanol–water partition coefficient (Wildman–Crippen LogP) is 0.707. The molecule has 2 amide bonds. The van der Waals surface area contributed by atoms with Gasteiger partial charge in [0.15, 0.2) is 0 Å². The molecule has 3 heterocycles. The molecule has 1 aromatic rings. The van der Waals surface area contributed by atoms with Crippen LogP contribution in [-0.4, -0.2) is 60.9 Å². The number of hydrogen-bond donors (Lipinski definition) is 1. The number of amides is 2. The fraction of sp³-hybridized carbons (Fsp3) is 0.556. The van der Waals surface area contributed by atoms with Crippen LogP contribution < -0.4 is 10.4 Å². The average Bonchev–Trinajstić information content (AvgIpc) is 3.24. The zero-order chi connectivity index (χ0) is 16.7. The van der Waals surface area contributed by atoms with Crippen LogP contribution in [0.1, 0.15) is 12.8 Å². The van der Waals surface area contributed by atoms with Gasteiger partial charge in [-0.25, -0.2) is 10.4 Å². The molecular weight excluding hydrogens is 304 g/mol. The topological polar surface area (TPSA) is 55.9 Å². The SMILES string of the molecule is CN1CC(C(=O)N2CCCC2)C2NN(c3ccccc3)C(=O)C2C1. The quantitative estimate of drug-likeness (QED) is 0.869. The van der Waals surface area contributed by atoms with E-state index in [-0.39, 0.29) is 29.7 Å². The number of nitrogens with one attached hydrogen (secondary N) is 1. The normalized spacial score (nSPS) is 30.7. The predicted molar refractivity (Wildman–Crippen MR) is 91.1 cm³/mol. The van der Waals surface area contributed by atoms with Crippen molar-refractivity contribution in [1.82, 2.24) is 15.2 Å². The molecule has 3 saturated heterocycles. The van der Waals surface area contributed by atoms with Gasteiger partial charge in [0, 0.05) is 26.2 Å². The van der Waals surface area contributed by atoms with Crippen LogP contribution >= 0.6 is 0 Å². The number of para-hydroxylation sites is 1. The molecule has 0 radical (unpaired) electrons. The van der Waals surface area contributed by atoms with E-state index < -0.39 is 0 Å². The van der Waals surface area contributed by atoms with Gasteiger partial charge in [-0.1, -0.05) is 18.2 Å². The van der Waals surface area contributed by atoms with Crippen molar-refractivity contribution in [2.75, 3.05) is 38.2 Å². The number of fused-ring (bicyclic) bond motifs is 1. The molecule has 128 valence electrons. The smallest absolute Gasteiger partial charge is 0.247 e. The first-order chi connectivity index (χ1) is 11.6. The van der Waals surface area contributed by atoms with Crippen LogP contribution in [0.2, 0.25) is 0 Å². The number of hydrogen-bond acceptors (Lipinski definition) is 4. The number of anilines is 1. The van der Waals surface area contributed by atoms with Crippen LogP contribution in [0.25, 0.3) is 0 Å². The van der Waals surface area contributed by atoms with Gasteiger partial charge in [-0.05, 0) is 32.0 Å². The van der Waals surface area contributed by atoms with Crippen molar-refractivity contribution in [2.24, 2.45) is 11.8 Å². The summed E-state index contributed by atoms with van der Waals surface area (Å²) in [6, 6.07) is 9.51. The largest absolute Gasteiger partial charge is 0.342 e. The monoisotopic (exact) mass is 328 g/mol. The van der Waals surface area contributed by atoms with Gasteiger partial charge in [0.25, 0.3) is 0 Å². The van der Waals surface area contributed by atoms with Crippen molar-refractivity contribution in [2.45, 2.75) is 18.9 Å². The summed E-state index contributed by atoms with van der Waals surface area (Å²) in [6.07, 6.45) is 2.18. The fourth-order valence-electron chi connectivity index (χ4n) is 4.23. The number of piperidine rings is 1. The maximum atomic E-state index is 13.0. The Balaban J connectivity index is 1.59. The summed E-state index contributed by atoms with van der Waals surface area (Å²) in [5.41, 5.74) is 4.18. The zero-order valence-corrected chi connectivity index (χ0v) is 14.0. The molecule has 0 spiro atoms. The van der Waals surface area contributed by atoms with Crippen molar-refractivity contribution in [1.29, 1.82) is 0 Å². The highest BCUT2D eigenvalue weighted by molar-refractivity contribution is 5.98. The first-order valence-electron chi connectivity index (χ1n) is 8.77. The Kier molecular flexibility index (Phi) is 4.02. The minimum absolute atomic E-state index is 0.0666. The van der Waals surface area contributed by atoms with Crippen molar-refractivity contribution >= 4 is 17.5 Å². The number of carbonyl (C=O) groups is 2. The van der Waals surface area contributed by atoms with Crippen LogP contribution in [0.4, 0.5) is 5.69 Å². The lowest BCUT2D eigenvalue weighted by Gasteiger charge is -2.38. The van der Waals surface area contributed by atoms with Gasteiger partial charge in [0.1, 0.15) is 0 Å². The van der Waals surface area contributed by atoms with Gasteiger partial charge in [-0.15, -0.1) is 0 Å². The van der Waals surface area contributed by atoms with Crippen LogP contribution in [0.5, 0.6) is 0 Å². The molecule has 1 aromatic carbocycles. The third-order valence-corrected chi connectivity index (χ3v) is 5.45. The summed E-state index contributed by atoms with van der Waals surface area (Å²) >= 11 is 0. The highest BCUT2D eigenvalue weighted by Crippen LogP contribution is 2.32. The van der Waals surface area contributed by atoms with Gasteiger partial charge in [-0.3, -0.25) is 9.59 Å². The van der Waals surface area contributed by atoms with Crippen LogP contribution in [0.15, 0.2) is 30.3 Å². The first kappa shape index (κ1) is 15.6. The third kappa shape index (κ3) is 2.59. The van der Waals surface area contributed by atoms with Gasteiger partial charge < -0.3 is 9.80 Å². The number of nitrogens with zero attached hydrogens (tertiary/aromatic N) is 3. The van der Waals surface area contributed by atoms with E-state index in [1.807, 2.05) is 42.3 Å². The van der Waals surface area contributed by atoms with Gasteiger partial charge in [0.05, 0.1) is 23.6 Å². The molecule has 3 aliphatic heterocycles. The maximum Gasteiger partial charge on any atom is 0.247 e. The molecule has 6 nitrogen and oxygen atoms in total. The van der Waals surface area contributed by atoms with Gasteiger partial charge >= 0.3 is 0 Å². The van der Waals surface area contributed by atoms with Crippen molar-refractivity contribution in [3.63, 3.8) is 0 Å². The maximum absolute atomic E-state index is 13.0. The summed E-state index contributed by atoms with van der Waals surface area (Å²) in [4.78, 5) is 29.9. The second-order valence-corrected chi connectivity index (χ2v) is 7.13. The van der Waals surface area contributed by atoms with E-state index in [2.05, 4.69) is 10.3 Å². The molecule has 6 heteroatoms. The summed E-state index contributed by atoms with van der Waals surface area (Å²) in [5.74, 6) is -0.0637. The lowest BCUT2D eigenvalue weighted by molar-refractivity contribution is -0.138. The Hall–Kier alpha value is -1.92. The molecule has 0 bridgehead atoms. The Labute approximate surface area is 142 Å². The number of benzene rings is 1. The molecule has 1 N–H and O–H groups in total. The van der Waals surface area contributed by atoms with Gasteiger partial charge in [0.2, 0.25) is 11.8 Å². The second-order valence-electron chi connectivity index (χ2n) is 7.13. The number of likely N-dealkylation sites (tertiary alicyclic amines) is 2. The molecule has 3 unspecified atom stereocenters. The van der Waals surface area contributed by atoms with Gasteiger partial charge in [-0.2, -0.15) is 0 Å². The van der Waals surface area contributed by atoms with E-state index in [0.29, 0.717) is 13.1 Å². The summed E-state index contributed by atoms with van der Waals surface area (Å²) in [6.45, 7) is 3.11. The Bertz CT molecular complexity index is 629. The fourth-order valence-corrected chi connectivity index (χ4v) is 4.23. The van der Waals surface area contributed by atoms with E-state index in [1.54, 1.807) is 5.01 Å².